The van der Waals surface area contributed by atoms with Crippen LogP contribution in [0.4, 0.5) is 154 Å². The molecular formula is C83H145F35. The maximum atomic E-state index is 12.7. The van der Waals surface area contributed by atoms with E-state index in [4.69, 9.17) is 4.11 Å². The fourth-order valence-electron chi connectivity index (χ4n) is 12.4. The number of alkyl halides is 35. The third-order valence-electron chi connectivity index (χ3n) is 22.9. The van der Waals surface area contributed by atoms with E-state index in [2.05, 4.69) is 27.7 Å². The van der Waals surface area contributed by atoms with E-state index in [9.17, 15) is 154 Å². The van der Waals surface area contributed by atoms with Gasteiger partial charge in [-0.3, -0.25) is 0 Å². The predicted molar refractivity (Wildman–Crippen MR) is 402 cm³/mol. The van der Waals surface area contributed by atoms with Crippen LogP contribution in [0.15, 0.2) is 0 Å². The first-order valence-electron chi connectivity index (χ1n) is 41.6. The van der Waals surface area contributed by atoms with E-state index in [-0.39, 0.29) is 61.2 Å². The van der Waals surface area contributed by atoms with E-state index in [1.807, 2.05) is 48.5 Å². The average molecular weight is 1810 g/mol. The Labute approximate surface area is 687 Å². The highest BCUT2D eigenvalue weighted by molar-refractivity contribution is 5.02. The van der Waals surface area contributed by atoms with E-state index < -0.39 is 193 Å². The van der Waals surface area contributed by atoms with Gasteiger partial charge >= 0.3 is 55.6 Å². The fourth-order valence-corrected chi connectivity index (χ4v) is 12.4. The number of hydrogen-bond donors (Lipinski definition) is 0. The van der Waals surface area contributed by atoms with E-state index in [0.717, 1.165) is 32.6 Å². The molecule has 0 bridgehead atoms. The van der Waals surface area contributed by atoms with Crippen LogP contribution in [0.5, 0.6) is 0 Å². The largest absolute Gasteiger partial charge is 0.402 e. The molecule has 0 aromatic rings. The Bertz CT molecular complexity index is 2550. The minimum Gasteiger partial charge on any atom is -0.247 e. The van der Waals surface area contributed by atoms with Crippen molar-refractivity contribution in [2.45, 2.75) is 403 Å². The van der Waals surface area contributed by atoms with Crippen LogP contribution in [0, 0.1) is 128 Å². The molecular weight excluding hydrogens is 1660 g/mol. The topological polar surface area (TPSA) is 0 Å². The molecule has 18 unspecified atom stereocenters. The molecule has 35 heteroatoms. The lowest BCUT2D eigenvalue weighted by atomic mass is 9.86. The molecule has 0 aromatic heterocycles. The highest BCUT2D eigenvalue weighted by Crippen LogP contribution is 2.62. The van der Waals surface area contributed by atoms with Gasteiger partial charge in [0.25, 0.3) is 0 Å². The van der Waals surface area contributed by atoms with Crippen LogP contribution >= 0.6 is 0 Å². The summed E-state index contributed by atoms with van der Waals surface area (Å²) in [5.74, 6) is -22.8. The molecule has 0 nitrogen and oxygen atoms in total. The molecule has 0 aliphatic heterocycles. The van der Waals surface area contributed by atoms with Gasteiger partial charge in [0.05, 0.1) is 40.9 Å². The van der Waals surface area contributed by atoms with Crippen LogP contribution in [-0.2, 0) is 0 Å². The molecule has 0 amide bonds. The van der Waals surface area contributed by atoms with Gasteiger partial charge in [-0.25, -0.2) is 35.1 Å². The van der Waals surface area contributed by atoms with Crippen molar-refractivity contribution in [3.63, 3.8) is 0 Å². The van der Waals surface area contributed by atoms with Crippen molar-refractivity contribution in [3.05, 3.63) is 0 Å². The summed E-state index contributed by atoms with van der Waals surface area (Å²) in [5.41, 5.74) is -5.74. The van der Waals surface area contributed by atoms with Crippen LogP contribution in [-0.4, -0.2) is 92.1 Å². The Morgan fingerprint density at radius 3 is 0.771 bits per heavy atom. The van der Waals surface area contributed by atoms with E-state index in [0.29, 0.717) is 51.4 Å². The zero-order valence-electron chi connectivity index (χ0n) is 77.8. The molecule has 0 radical (unpaired) electrons. The van der Waals surface area contributed by atoms with Gasteiger partial charge < -0.3 is 0 Å². The van der Waals surface area contributed by atoms with Gasteiger partial charge in [0, 0.05) is 34.2 Å². The van der Waals surface area contributed by atoms with Crippen molar-refractivity contribution < 1.29 is 158 Å². The van der Waals surface area contributed by atoms with Gasteiger partial charge in [-0.05, 0) is 143 Å². The SMILES string of the molecule is CC1C(C(F)(F)F)C(C)C(C(F)(F)F)C1C(F)(F)F.CC1C(F)C(C)C(F)C1F.CC1CC(C)C(C(F)(F)F)C1.CC1CCC(C(F)(F)F)C1C.CCC(C)(C(F)(F)F)C(F)(F)F.CCC(C)(C)C.CCC(C)(C)C(F)(F)F.CCC(F)(F)C(C)C.CCCC(C)(C)F.CCCC(C)C(F)F.[2H]C([2H])(C)C(C)(C)C.[2H]C1(C)C(C)CCC1C(F)(F)F. The molecule has 5 aliphatic carbocycles. The predicted octanol–water partition coefficient (Wildman–Crippen LogP) is 36.1. The third-order valence-corrected chi connectivity index (χ3v) is 22.9. The van der Waals surface area contributed by atoms with Gasteiger partial charge in [-0.1, -0.05) is 220 Å². The van der Waals surface area contributed by atoms with Crippen molar-refractivity contribution in [3.8, 4) is 0 Å². The van der Waals surface area contributed by atoms with E-state index in [1.54, 1.807) is 48.5 Å². The summed E-state index contributed by atoms with van der Waals surface area (Å²) in [6.45, 7) is 48.7. The van der Waals surface area contributed by atoms with Crippen LogP contribution in [0.3, 0.4) is 0 Å². The zero-order valence-corrected chi connectivity index (χ0v) is 74.8. The monoisotopic (exact) mass is 1810 g/mol. The zero-order chi connectivity index (χ0) is 99.5. The standard InChI is InChI=1S/C10H11F9.3C8H13F3.C7H11F3.C6H8F6.C6H11F3.2C6H12F2.C6H13F.2C6H14/c1-3-5(8(11,12)13)4(2)7(10(17,18)19)6(3)9(14,15)16;1-5-3-6(2)7(4-5)8(9,10)11;2*1-5-3-4-7(6(5)2)8(9,10)11;1-3-5(8)4(2)7(10)6(3)9;1-3-4(2,5(7,8)9)6(10,11)12;1-4-5(2,3)6(7,8)9;1-4-6(7,8)5(2)3;1-3-4-5(2)6(7)8;1-4-5-6(2,3)7;2*1-5-6(2,3)4/h3-7H,1-2H3;3*5-7H,3-4H2,1-2H3;3-7H,1-2H3;3H2,1-2H3;4H2,1-3H3;5H,4H2,1-3H3;5-6H,3-4H2,1-2H3;4-5H2,1-3H3;2*5H2,1-4H3/i;;6D;;;;;;;;5D2;. The molecule has 5 rings (SSSR count). The highest BCUT2D eigenvalue weighted by Gasteiger charge is 2.70. The van der Waals surface area contributed by atoms with Crippen molar-refractivity contribution in [1.29, 1.82) is 0 Å². The van der Waals surface area contributed by atoms with Crippen LogP contribution < -0.4 is 0 Å². The summed E-state index contributed by atoms with van der Waals surface area (Å²) in [5, 5.41) is 0. The second kappa shape index (κ2) is 52.0. The first-order chi connectivity index (χ1) is 52.8. The first-order valence-corrected chi connectivity index (χ1v) is 40.1. The van der Waals surface area contributed by atoms with Crippen molar-refractivity contribution >= 4 is 0 Å². The average Bonchev–Trinajstić information content (AvgIpc) is 1.59. The molecule has 118 heavy (non-hydrogen) atoms. The van der Waals surface area contributed by atoms with Gasteiger partial charge in [-0.15, -0.1) is 0 Å². The minimum atomic E-state index is -5.31. The summed E-state index contributed by atoms with van der Waals surface area (Å²) >= 11 is 0. The Hall–Kier alpha value is -2.45. The Balaban J connectivity index is -0.000000237. The molecule has 0 aromatic carbocycles. The maximum Gasteiger partial charge on any atom is 0.402 e. The van der Waals surface area contributed by atoms with Gasteiger partial charge in [0.2, 0.25) is 12.3 Å². The fraction of sp³-hybridized carbons (Fsp3) is 1.00. The molecule has 5 saturated carbocycles. The smallest absolute Gasteiger partial charge is 0.247 e. The second-order valence-corrected chi connectivity index (χ2v) is 36.2. The second-order valence-electron chi connectivity index (χ2n) is 36.2. The molecule has 5 fully saturated rings. The van der Waals surface area contributed by atoms with Crippen molar-refractivity contribution in [1.82, 2.24) is 0 Å². The maximum absolute atomic E-state index is 12.7. The van der Waals surface area contributed by atoms with Gasteiger partial charge in [0.1, 0.15) is 24.2 Å². The van der Waals surface area contributed by atoms with Gasteiger partial charge in [0.15, 0.2) is 5.41 Å². The summed E-state index contributed by atoms with van der Waals surface area (Å²) in [7, 11) is 0. The third kappa shape index (κ3) is 49.5. The summed E-state index contributed by atoms with van der Waals surface area (Å²) < 4.78 is 451. The lowest BCUT2D eigenvalue weighted by Crippen LogP contribution is -2.47. The van der Waals surface area contributed by atoms with Crippen LogP contribution in [0.2, 0.25) is 0 Å². The summed E-state index contributed by atoms with van der Waals surface area (Å²) in [6, 6.07) is 0. The number of hydrogen-bond acceptors (Lipinski definition) is 0. The molecule has 18 atom stereocenters. The molecule has 722 valence electrons. The Kier molecular flexibility index (Phi) is 53.7. The Morgan fingerprint density at radius 2 is 0.678 bits per heavy atom. The lowest BCUT2D eigenvalue weighted by molar-refractivity contribution is -0.335. The summed E-state index contributed by atoms with van der Waals surface area (Å²) in [4.78, 5) is 0. The lowest BCUT2D eigenvalue weighted by Gasteiger charge is -2.32. The van der Waals surface area contributed by atoms with Crippen LogP contribution in [0.1, 0.15) is 315 Å². The van der Waals surface area contributed by atoms with E-state index in [1.165, 1.54) is 68.7 Å². The van der Waals surface area contributed by atoms with Crippen molar-refractivity contribution in [2.24, 2.45) is 128 Å². The van der Waals surface area contributed by atoms with Crippen LogP contribution in [0.25, 0.3) is 0 Å². The first kappa shape index (κ1) is 122. The summed E-state index contributed by atoms with van der Waals surface area (Å²) in [6.07, 6.45) is -43.9. The molecule has 0 N–H and O–H groups in total. The Morgan fingerprint density at radius 1 is 0.347 bits per heavy atom. The van der Waals surface area contributed by atoms with E-state index >= 15 is 0 Å². The number of rotatable bonds is 9. The minimum absolute atomic E-state index is 0.0509. The van der Waals surface area contributed by atoms with Crippen molar-refractivity contribution in [2.75, 3.05) is 0 Å². The van der Waals surface area contributed by atoms with Gasteiger partial charge in [-0.2, -0.15) is 119 Å². The molecule has 5 aliphatic rings. The molecule has 0 saturated heterocycles. The quantitative estimate of drug-likeness (QED) is 0.202. The molecule has 0 spiro atoms. The number of halogens is 35. The highest BCUT2D eigenvalue weighted by atomic mass is 19.4. The normalized spacial score (nSPS) is 29.3. The molecule has 0 heterocycles.